The number of aryl methyl sites for hydroxylation is 2. The van der Waals surface area contributed by atoms with E-state index in [4.69, 9.17) is 0 Å². The van der Waals surface area contributed by atoms with Gasteiger partial charge in [0.15, 0.2) is 0 Å². The third-order valence-corrected chi connectivity index (χ3v) is 3.11. The Hall–Kier alpha value is -1.61. The molecule has 1 aromatic heterocycles. The Balaban J connectivity index is 1.98. The fourth-order valence-electron chi connectivity index (χ4n) is 2.21. The number of aromatic nitrogens is 2. The topological polar surface area (TPSA) is 38.0 Å². The summed E-state index contributed by atoms with van der Waals surface area (Å²) in [4.78, 5) is 4.29. The molecular weight excluding hydrogens is 224 g/mol. The van der Waals surface area contributed by atoms with Gasteiger partial charge in [-0.2, -0.15) is 0 Å². The average molecular weight is 244 g/mol. The van der Waals surface area contributed by atoms with E-state index >= 15 is 0 Å². The van der Waals surface area contributed by atoms with Crippen molar-refractivity contribution in [3.8, 4) is 0 Å². The molecule has 0 amide bonds. The number of rotatable bonds is 5. The second-order valence-corrected chi connectivity index (χ2v) is 4.68. The summed E-state index contributed by atoms with van der Waals surface area (Å²) < 4.78 is 2.07. The minimum Gasteiger partial charge on any atom is -0.392 e. The second kappa shape index (κ2) is 5.83. The maximum Gasteiger partial charge on any atom is 0.111 e. The summed E-state index contributed by atoms with van der Waals surface area (Å²) in [6.07, 6.45) is 4.65. The van der Waals surface area contributed by atoms with E-state index in [1.54, 1.807) is 6.20 Å². The molecule has 0 aliphatic heterocycles. The van der Waals surface area contributed by atoms with E-state index < -0.39 is 0 Å². The standard InChI is InChI=1S/C15H20N2O/c1-3-17-8-7-16-15(17)11-14(18)10-13-6-4-5-12(2)9-13/h4-9,14,18H,3,10-11H2,1-2H3. The maximum atomic E-state index is 10.1. The van der Waals surface area contributed by atoms with Crippen molar-refractivity contribution in [3.05, 3.63) is 53.6 Å². The summed E-state index contributed by atoms with van der Waals surface area (Å²) in [5.41, 5.74) is 2.41. The van der Waals surface area contributed by atoms with E-state index in [2.05, 4.69) is 41.6 Å². The van der Waals surface area contributed by atoms with E-state index in [9.17, 15) is 5.11 Å². The predicted molar refractivity (Wildman–Crippen MR) is 72.5 cm³/mol. The van der Waals surface area contributed by atoms with Gasteiger partial charge in [0.1, 0.15) is 5.82 Å². The molecule has 1 heterocycles. The summed E-state index contributed by atoms with van der Waals surface area (Å²) >= 11 is 0. The van der Waals surface area contributed by atoms with Crippen molar-refractivity contribution in [2.75, 3.05) is 0 Å². The number of benzene rings is 1. The number of aliphatic hydroxyl groups is 1. The summed E-state index contributed by atoms with van der Waals surface area (Å²) in [7, 11) is 0. The molecule has 0 spiro atoms. The Morgan fingerprint density at radius 2 is 2.17 bits per heavy atom. The largest absolute Gasteiger partial charge is 0.392 e. The Kier molecular flexibility index (Phi) is 4.15. The summed E-state index contributed by atoms with van der Waals surface area (Å²) in [5, 5.41) is 10.1. The van der Waals surface area contributed by atoms with E-state index in [1.165, 1.54) is 11.1 Å². The molecule has 1 aromatic carbocycles. The molecule has 2 aromatic rings. The molecule has 2 rings (SSSR count). The van der Waals surface area contributed by atoms with Gasteiger partial charge in [0.2, 0.25) is 0 Å². The molecule has 1 atom stereocenters. The van der Waals surface area contributed by atoms with Crippen molar-refractivity contribution >= 4 is 0 Å². The smallest absolute Gasteiger partial charge is 0.111 e. The van der Waals surface area contributed by atoms with Gasteiger partial charge in [0.05, 0.1) is 6.10 Å². The van der Waals surface area contributed by atoms with Crippen LogP contribution in [-0.4, -0.2) is 20.8 Å². The molecule has 3 heteroatoms. The highest BCUT2D eigenvalue weighted by atomic mass is 16.3. The molecule has 3 nitrogen and oxygen atoms in total. The first-order valence-electron chi connectivity index (χ1n) is 6.42. The van der Waals surface area contributed by atoms with E-state index in [1.807, 2.05) is 12.3 Å². The quantitative estimate of drug-likeness (QED) is 0.876. The number of imidazole rings is 1. The zero-order chi connectivity index (χ0) is 13.0. The van der Waals surface area contributed by atoms with E-state index in [-0.39, 0.29) is 6.10 Å². The molecule has 0 fully saturated rings. The molecule has 0 bridgehead atoms. The van der Waals surface area contributed by atoms with Crippen LogP contribution in [0, 0.1) is 6.92 Å². The van der Waals surface area contributed by atoms with Crippen LogP contribution in [0.1, 0.15) is 23.9 Å². The van der Waals surface area contributed by atoms with Crippen LogP contribution in [0.15, 0.2) is 36.7 Å². The summed E-state index contributed by atoms with van der Waals surface area (Å²) in [6.45, 7) is 5.05. The van der Waals surface area contributed by atoms with Crippen molar-refractivity contribution in [2.45, 2.75) is 39.3 Å². The third-order valence-electron chi connectivity index (χ3n) is 3.11. The monoisotopic (exact) mass is 244 g/mol. The van der Waals surface area contributed by atoms with Crippen LogP contribution in [0.5, 0.6) is 0 Å². The zero-order valence-corrected chi connectivity index (χ0v) is 11.0. The van der Waals surface area contributed by atoms with Crippen LogP contribution < -0.4 is 0 Å². The molecule has 96 valence electrons. The van der Waals surface area contributed by atoms with Gasteiger partial charge in [-0.3, -0.25) is 0 Å². The van der Waals surface area contributed by atoms with Gasteiger partial charge >= 0.3 is 0 Å². The van der Waals surface area contributed by atoms with Crippen molar-refractivity contribution < 1.29 is 5.11 Å². The molecular formula is C15H20N2O. The van der Waals surface area contributed by atoms with Crippen LogP contribution in [0.25, 0.3) is 0 Å². The summed E-state index contributed by atoms with van der Waals surface area (Å²) in [6, 6.07) is 8.28. The first kappa shape index (κ1) is 12.8. The molecule has 0 aliphatic rings. The zero-order valence-electron chi connectivity index (χ0n) is 11.0. The van der Waals surface area contributed by atoms with Gasteiger partial charge in [-0.15, -0.1) is 0 Å². The van der Waals surface area contributed by atoms with Crippen molar-refractivity contribution in [1.29, 1.82) is 0 Å². The Bertz CT molecular complexity index is 505. The van der Waals surface area contributed by atoms with Crippen LogP contribution in [0.3, 0.4) is 0 Å². The Morgan fingerprint density at radius 3 is 2.89 bits per heavy atom. The molecule has 0 aliphatic carbocycles. The van der Waals surface area contributed by atoms with Gasteiger partial charge in [0.25, 0.3) is 0 Å². The molecule has 1 unspecified atom stereocenters. The van der Waals surface area contributed by atoms with Crippen molar-refractivity contribution in [3.63, 3.8) is 0 Å². The Labute approximate surface area is 108 Å². The number of hydrogen-bond acceptors (Lipinski definition) is 2. The normalized spacial score (nSPS) is 12.6. The van der Waals surface area contributed by atoms with Gasteiger partial charge in [-0.25, -0.2) is 4.98 Å². The fourth-order valence-corrected chi connectivity index (χ4v) is 2.21. The summed E-state index contributed by atoms with van der Waals surface area (Å²) in [5.74, 6) is 0.956. The van der Waals surface area contributed by atoms with Crippen LogP contribution >= 0.6 is 0 Å². The number of nitrogens with zero attached hydrogens (tertiary/aromatic N) is 2. The van der Waals surface area contributed by atoms with E-state index in [0.29, 0.717) is 12.8 Å². The maximum absolute atomic E-state index is 10.1. The van der Waals surface area contributed by atoms with Gasteiger partial charge < -0.3 is 9.67 Å². The highest BCUT2D eigenvalue weighted by Gasteiger charge is 2.10. The fraction of sp³-hybridized carbons (Fsp3) is 0.400. The molecule has 0 radical (unpaired) electrons. The highest BCUT2D eigenvalue weighted by molar-refractivity contribution is 5.22. The van der Waals surface area contributed by atoms with Gasteiger partial charge in [0, 0.05) is 25.4 Å². The SMILES string of the molecule is CCn1ccnc1CC(O)Cc1cccc(C)c1. The van der Waals surface area contributed by atoms with Crippen molar-refractivity contribution in [1.82, 2.24) is 9.55 Å². The lowest BCUT2D eigenvalue weighted by Gasteiger charge is -2.12. The molecule has 0 saturated heterocycles. The van der Waals surface area contributed by atoms with E-state index in [0.717, 1.165) is 12.4 Å². The second-order valence-electron chi connectivity index (χ2n) is 4.68. The Morgan fingerprint density at radius 1 is 1.33 bits per heavy atom. The first-order chi connectivity index (χ1) is 8.69. The van der Waals surface area contributed by atoms with Crippen molar-refractivity contribution in [2.24, 2.45) is 0 Å². The molecule has 18 heavy (non-hydrogen) atoms. The van der Waals surface area contributed by atoms with Gasteiger partial charge in [-0.1, -0.05) is 29.8 Å². The minimum atomic E-state index is -0.375. The predicted octanol–water partition coefficient (Wildman–Crippen LogP) is 2.36. The van der Waals surface area contributed by atoms with Crippen LogP contribution in [-0.2, 0) is 19.4 Å². The first-order valence-corrected chi connectivity index (χ1v) is 6.42. The number of hydrogen-bond donors (Lipinski definition) is 1. The lowest BCUT2D eigenvalue weighted by atomic mass is 10.0. The average Bonchev–Trinajstić information content (AvgIpc) is 2.76. The third kappa shape index (κ3) is 3.20. The van der Waals surface area contributed by atoms with Crippen LogP contribution in [0.4, 0.5) is 0 Å². The number of aliphatic hydroxyl groups excluding tert-OH is 1. The molecule has 0 saturated carbocycles. The molecule has 1 N–H and O–H groups in total. The van der Waals surface area contributed by atoms with Gasteiger partial charge in [-0.05, 0) is 25.8 Å². The lowest BCUT2D eigenvalue weighted by molar-refractivity contribution is 0.171. The van der Waals surface area contributed by atoms with Crippen LogP contribution in [0.2, 0.25) is 0 Å². The minimum absolute atomic E-state index is 0.375. The highest BCUT2D eigenvalue weighted by Crippen LogP contribution is 2.10. The lowest BCUT2D eigenvalue weighted by Crippen LogP contribution is -2.17.